The first-order valence-corrected chi connectivity index (χ1v) is 7.30. The number of aryl methyl sites for hydroxylation is 3. The molecule has 0 saturated carbocycles. The van der Waals surface area contributed by atoms with E-state index in [1.165, 1.54) is 24.3 Å². The molecule has 124 valence electrons. The SMILES string of the molecule is Cc1cc(C)n(CCCNC(=O)c2ccc(OC(F)F)cc2)n1. The third-order valence-electron chi connectivity index (χ3n) is 3.28. The highest BCUT2D eigenvalue weighted by Crippen LogP contribution is 2.14. The average molecular weight is 323 g/mol. The summed E-state index contributed by atoms with van der Waals surface area (Å²) in [6.45, 7) is 2.28. The molecular formula is C16H19F2N3O2. The van der Waals surface area contributed by atoms with Crippen molar-refractivity contribution in [2.45, 2.75) is 33.4 Å². The molecule has 1 aromatic carbocycles. The molecule has 0 fully saturated rings. The number of hydrogen-bond donors (Lipinski definition) is 1. The first-order valence-electron chi connectivity index (χ1n) is 7.30. The second-order valence-electron chi connectivity index (χ2n) is 5.16. The van der Waals surface area contributed by atoms with E-state index < -0.39 is 6.61 Å². The Labute approximate surface area is 133 Å². The van der Waals surface area contributed by atoms with Gasteiger partial charge >= 0.3 is 6.61 Å². The summed E-state index contributed by atoms with van der Waals surface area (Å²) < 4.78 is 30.2. The maximum absolute atomic E-state index is 12.0. The van der Waals surface area contributed by atoms with E-state index in [0.717, 1.165) is 24.4 Å². The van der Waals surface area contributed by atoms with Gasteiger partial charge in [0.15, 0.2) is 0 Å². The van der Waals surface area contributed by atoms with E-state index in [-0.39, 0.29) is 11.7 Å². The van der Waals surface area contributed by atoms with Crippen LogP contribution >= 0.6 is 0 Å². The summed E-state index contributed by atoms with van der Waals surface area (Å²) in [5.74, 6) is -0.219. The Bertz CT molecular complexity index is 654. The van der Waals surface area contributed by atoms with Gasteiger partial charge in [-0.1, -0.05) is 0 Å². The van der Waals surface area contributed by atoms with E-state index in [2.05, 4.69) is 15.2 Å². The molecule has 7 heteroatoms. The van der Waals surface area contributed by atoms with Crippen LogP contribution in [0.1, 0.15) is 28.2 Å². The van der Waals surface area contributed by atoms with Crippen LogP contribution in [0.25, 0.3) is 0 Å². The molecule has 0 unspecified atom stereocenters. The minimum absolute atomic E-state index is 0.0288. The highest BCUT2D eigenvalue weighted by molar-refractivity contribution is 5.94. The van der Waals surface area contributed by atoms with E-state index in [9.17, 15) is 13.6 Å². The molecule has 2 rings (SSSR count). The van der Waals surface area contributed by atoms with Crippen LogP contribution in [-0.2, 0) is 6.54 Å². The van der Waals surface area contributed by atoms with Crippen LogP contribution in [0.5, 0.6) is 5.75 Å². The van der Waals surface area contributed by atoms with Gasteiger partial charge in [-0.05, 0) is 50.6 Å². The summed E-state index contributed by atoms with van der Waals surface area (Å²) in [7, 11) is 0. The summed E-state index contributed by atoms with van der Waals surface area (Å²) in [5, 5.41) is 7.13. The lowest BCUT2D eigenvalue weighted by Crippen LogP contribution is -2.25. The van der Waals surface area contributed by atoms with Crippen LogP contribution in [0.3, 0.4) is 0 Å². The molecule has 0 aliphatic rings. The normalized spacial score (nSPS) is 10.8. The number of ether oxygens (including phenoxy) is 1. The van der Waals surface area contributed by atoms with Crippen molar-refractivity contribution in [2.24, 2.45) is 0 Å². The number of nitrogens with one attached hydrogen (secondary N) is 1. The predicted octanol–water partition coefficient (Wildman–Crippen LogP) is 2.92. The Morgan fingerprint density at radius 1 is 1.30 bits per heavy atom. The zero-order valence-electron chi connectivity index (χ0n) is 13.1. The molecule has 0 bridgehead atoms. The Morgan fingerprint density at radius 2 is 2.00 bits per heavy atom. The molecule has 23 heavy (non-hydrogen) atoms. The highest BCUT2D eigenvalue weighted by atomic mass is 19.3. The maximum atomic E-state index is 12.0. The molecule has 2 aromatic rings. The standard InChI is InChI=1S/C16H19F2N3O2/c1-11-10-12(2)21(20-11)9-3-8-19-15(22)13-4-6-14(7-5-13)23-16(17)18/h4-7,10,16H,3,8-9H2,1-2H3,(H,19,22). The maximum Gasteiger partial charge on any atom is 0.387 e. The van der Waals surface area contributed by atoms with E-state index >= 15 is 0 Å². The smallest absolute Gasteiger partial charge is 0.387 e. The molecule has 0 aliphatic carbocycles. The van der Waals surface area contributed by atoms with E-state index in [1.54, 1.807) is 0 Å². The minimum Gasteiger partial charge on any atom is -0.435 e. The number of hydrogen-bond acceptors (Lipinski definition) is 3. The van der Waals surface area contributed by atoms with Crippen LogP contribution in [-0.4, -0.2) is 28.8 Å². The van der Waals surface area contributed by atoms with Crippen molar-refractivity contribution >= 4 is 5.91 Å². The number of benzene rings is 1. The van der Waals surface area contributed by atoms with Gasteiger partial charge in [-0.25, -0.2) is 0 Å². The van der Waals surface area contributed by atoms with Gasteiger partial charge in [-0.3, -0.25) is 9.48 Å². The number of nitrogens with zero attached hydrogens (tertiary/aromatic N) is 2. The average Bonchev–Trinajstić information content (AvgIpc) is 2.81. The molecule has 1 N–H and O–H groups in total. The Kier molecular flexibility index (Phi) is 5.67. The fraction of sp³-hybridized carbons (Fsp3) is 0.375. The van der Waals surface area contributed by atoms with Crippen molar-refractivity contribution in [2.75, 3.05) is 6.54 Å². The lowest BCUT2D eigenvalue weighted by molar-refractivity contribution is -0.0498. The third kappa shape index (κ3) is 5.05. The van der Waals surface area contributed by atoms with E-state index in [1.807, 2.05) is 24.6 Å². The Hall–Kier alpha value is -2.44. The molecule has 0 spiro atoms. The summed E-state index contributed by atoms with van der Waals surface area (Å²) in [6.07, 6.45) is 0.750. The predicted molar refractivity (Wildman–Crippen MR) is 81.7 cm³/mol. The van der Waals surface area contributed by atoms with Crippen LogP contribution in [0.15, 0.2) is 30.3 Å². The van der Waals surface area contributed by atoms with Crippen LogP contribution in [0.4, 0.5) is 8.78 Å². The first kappa shape index (κ1) is 16.9. The number of alkyl halides is 2. The van der Waals surface area contributed by atoms with Gasteiger partial charge in [0.1, 0.15) is 5.75 Å². The fourth-order valence-corrected chi connectivity index (χ4v) is 2.22. The molecule has 0 atom stereocenters. The Morgan fingerprint density at radius 3 is 2.57 bits per heavy atom. The fourth-order valence-electron chi connectivity index (χ4n) is 2.22. The highest BCUT2D eigenvalue weighted by Gasteiger charge is 2.08. The molecule has 5 nitrogen and oxygen atoms in total. The van der Waals surface area contributed by atoms with Crippen LogP contribution in [0.2, 0.25) is 0 Å². The number of rotatable bonds is 7. The van der Waals surface area contributed by atoms with E-state index in [4.69, 9.17) is 0 Å². The summed E-state index contributed by atoms with van der Waals surface area (Å²) in [6, 6.07) is 7.59. The summed E-state index contributed by atoms with van der Waals surface area (Å²) >= 11 is 0. The van der Waals surface area contributed by atoms with Crippen molar-refractivity contribution in [1.82, 2.24) is 15.1 Å². The van der Waals surface area contributed by atoms with Gasteiger partial charge in [-0.2, -0.15) is 13.9 Å². The number of aromatic nitrogens is 2. The van der Waals surface area contributed by atoms with Crippen molar-refractivity contribution in [3.8, 4) is 5.75 Å². The van der Waals surface area contributed by atoms with Gasteiger partial charge < -0.3 is 10.1 Å². The molecule has 1 heterocycles. The molecule has 0 aliphatic heterocycles. The lowest BCUT2D eigenvalue weighted by Gasteiger charge is -2.08. The van der Waals surface area contributed by atoms with Gasteiger partial charge in [0.05, 0.1) is 5.69 Å². The monoisotopic (exact) mass is 323 g/mol. The second kappa shape index (κ2) is 7.71. The molecule has 1 amide bonds. The van der Waals surface area contributed by atoms with Gasteiger partial charge in [-0.15, -0.1) is 0 Å². The summed E-state index contributed by atoms with van der Waals surface area (Å²) in [5.41, 5.74) is 2.46. The van der Waals surface area contributed by atoms with Crippen LogP contribution in [0, 0.1) is 13.8 Å². The van der Waals surface area contributed by atoms with Crippen molar-refractivity contribution in [1.29, 1.82) is 0 Å². The number of halogens is 2. The van der Waals surface area contributed by atoms with Crippen molar-refractivity contribution in [3.63, 3.8) is 0 Å². The largest absolute Gasteiger partial charge is 0.435 e. The molecular weight excluding hydrogens is 304 g/mol. The quantitative estimate of drug-likeness (QED) is 0.797. The Balaban J connectivity index is 1.77. The van der Waals surface area contributed by atoms with Crippen molar-refractivity contribution in [3.05, 3.63) is 47.3 Å². The zero-order chi connectivity index (χ0) is 16.8. The molecule has 1 aromatic heterocycles. The minimum atomic E-state index is -2.87. The van der Waals surface area contributed by atoms with E-state index in [0.29, 0.717) is 12.1 Å². The lowest BCUT2D eigenvalue weighted by atomic mass is 10.2. The number of carbonyl (C=O) groups is 1. The third-order valence-corrected chi connectivity index (χ3v) is 3.28. The molecule has 0 saturated heterocycles. The zero-order valence-corrected chi connectivity index (χ0v) is 13.1. The number of amides is 1. The van der Waals surface area contributed by atoms with Gasteiger partial charge in [0.2, 0.25) is 0 Å². The van der Waals surface area contributed by atoms with Gasteiger partial charge in [0.25, 0.3) is 5.91 Å². The van der Waals surface area contributed by atoms with Crippen molar-refractivity contribution < 1.29 is 18.3 Å². The van der Waals surface area contributed by atoms with Crippen LogP contribution < -0.4 is 10.1 Å². The second-order valence-corrected chi connectivity index (χ2v) is 5.16. The first-order chi connectivity index (χ1) is 11.0. The number of carbonyl (C=O) groups excluding carboxylic acids is 1. The molecule has 0 radical (unpaired) electrons. The topological polar surface area (TPSA) is 56.2 Å². The summed E-state index contributed by atoms with van der Waals surface area (Å²) in [4.78, 5) is 11.9. The van der Waals surface area contributed by atoms with Gasteiger partial charge in [0, 0.05) is 24.3 Å².